The fraction of sp³-hybridized carbons (Fsp3) is 0.0526. The maximum Gasteiger partial charge on any atom is 0.256 e. The lowest BCUT2D eigenvalue weighted by atomic mass is 10.0. The standard InChI is InChI=1S/C19H16N2O/c1-14-11-12-18(20-13-14)16-9-5-6-10-17(16)19(22)21-15-7-3-2-4-8-15/h2-13H,1H3,(H,21,22). The van der Waals surface area contributed by atoms with E-state index in [1.54, 1.807) is 6.20 Å². The number of nitrogens with zero attached hydrogens (tertiary/aromatic N) is 1. The Labute approximate surface area is 129 Å². The average Bonchev–Trinajstić information content (AvgIpc) is 2.56. The Hall–Kier alpha value is -2.94. The molecule has 0 unspecified atom stereocenters. The molecule has 0 saturated carbocycles. The number of anilines is 1. The van der Waals surface area contributed by atoms with E-state index in [0.717, 1.165) is 22.5 Å². The number of rotatable bonds is 3. The number of hydrogen-bond acceptors (Lipinski definition) is 2. The maximum absolute atomic E-state index is 12.5. The van der Waals surface area contributed by atoms with Crippen molar-refractivity contribution in [2.75, 3.05) is 5.32 Å². The van der Waals surface area contributed by atoms with Gasteiger partial charge in [-0.1, -0.05) is 42.5 Å². The summed E-state index contributed by atoms with van der Waals surface area (Å²) in [7, 11) is 0. The highest BCUT2D eigenvalue weighted by Crippen LogP contribution is 2.23. The van der Waals surface area contributed by atoms with E-state index in [2.05, 4.69) is 10.3 Å². The Morgan fingerprint density at radius 1 is 0.909 bits per heavy atom. The number of para-hydroxylation sites is 1. The Bertz CT molecular complexity index is 780. The van der Waals surface area contributed by atoms with Gasteiger partial charge >= 0.3 is 0 Å². The molecule has 0 aliphatic heterocycles. The minimum absolute atomic E-state index is 0.135. The lowest BCUT2D eigenvalue weighted by Crippen LogP contribution is -2.13. The van der Waals surface area contributed by atoms with E-state index >= 15 is 0 Å². The number of nitrogens with one attached hydrogen (secondary N) is 1. The van der Waals surface area contributed by atoms with Gasteiger partial charge in [0.2, 0.25) is 0 Å². The second-order valence-corrected chi connectivity index (χ2v) is 5.09. The van der Waals surface area contributed by atoms with E-state index in [9.17, 15) is 4.79 Å². The molecule has 0 spiro atoms. The molecule has 0 aliphatic carbocycles. The van der Waals surface area contributed by atoms with Crippen LogP contribution in [0.4, 0.5) is 5.69 Å². The van der Waals surface area contributed by atoms with Crippen LogP contribution in [0.1, 0.15) is 15.9 Å². The summed E-state index contributed by atoms with van der Waals surface area (Å²) in [5.41, 5.74) is 4.11. The molecule has 1 amide bonds. The molecule has 0 fully saturated rings. The largest absolute Gasteiger partial charge is 0.322 e. The molecule has 3 rings (SSSR count). The lowest BCUT2D eigenvalue weighted by molar-refractivity contribution is 0.102. The van der Waals surface area contributed by atoms with Crippen LogP contribution in [0, 0.1) is 6.92 Å². The van der Waals surface area contributed by atoms with Gasteiger partial charge in [0.25, 0.3) is 5.91 Å². The normalized spacial score (nSPS) is 10.2. The fourth-order valence-electron chi connectivity index (χ4n) is 2.25. The third-order valence-electron chi connectivity index (χ3n) is 3.39. The number of aryl methyl sites for hydroxylation is 1. The zero-order chi connectivity index (χ0) is 15.4. The van der Waals surface area contributed by atoms with Crippen LogP contribution in [0.25, 0.3) is 11.3 Å². The molecule has 3 heteroatoms. The Morgan fingerprint density at radius 2 is 1.64 bits per heavy atom. The van der Waals surface area contributed by atoms with E-state index in [1.807, 2.05) is 73.7 Å². The van der Waals surface area contributed by atoms with Gasteiger partial charge < -0.3 is 5.32 Å². The molecule has 1 heterocycles. The number of pyridine rings is 1. The summed E-state index contributed by atoms with van der Waals surface area (Å²) in [6.45, 7) is 1.99. The minimum atomic E-state index is -0.135. The molecule has 0 saturated heterocycles. The average molecular weight is 288 g/mol. The summed E-state index contributed by atoms with van der Waals surface area (Å²) < 4.78 is 0. The van der Waals surface area contributed by atoms with Crippen LogP contribution in [0.5, 0.6) is 0 Å². The molecule has 108 valence electrons. The lowest BCUT2D eigenvalue weighted by Gasteiger charge is -2.10. The van der Waals surface area contributed by atoms with E-state index in [4.69, 9.17) is 0 Å². The summed E-state index contributed by atoms with van der Waals surface area (Å²) in [5.74, 6) is -0.135. The summed E-state index contributed by atoms with van der Waals surface area (Å²) in [4.78, 5) is 17.0. The third-order valence-corrected chi connectivity index (χ3v) is 3.39. The van der Waals surface area contributed by atoms with Gasteiger partial charge in [0.15, 0.2) is 0 Å². The van der Waals surface area contributed by atoms with Crippen molar-refractivity contribution in [2.45, 2.75) is 6.92 Å². The van der Waals surface area contributed by atoms with Gasteiger partial charge in [-0.3, -0.25) is 9.78 Å². The number of benzene rings is 2. The quantitative estimate of drug-likeness (QED) is 0.780. The van der Waals surface area contributed by atoms with Crippen molar-refractivity contribution in [2.24, 2.45) is 0 Å². The van der Waals surface area contributed by atoms with Crippen molar-refractivity contribution in [3.05, 3.63) is 84.1 Å². The van der Waals surface area contributed by atoms with Crippen LogP contribution in [-0.2, 0) is 0 Å². The number of carbonyl (C=O) groups is 1. The monoisotopic (exact) mass is 288 g/mol. The van der Waals surface area contributed by atoms with Gasteiger partial charge in [-0.15, -0.1) is 0 Å². The summed E-state index contributed by atoms with van der Waals surface area (Å²) >= 11 is 0. The molecule has 22 heavy (non-hydrogen) atoms. The van der Waals surface area contributed by atoms with Crippen molar-refractivity contribution in [3.63, 3.8) is 0 Å². The molecule has 1 N–H and O–H groups in total. The second kappa shape index (κ2) is 6.22. The predicted molar refractivity (Wildman–Crippen MR) is 88.8 cm³/mol. The van der Waals surface area contributed by atoms with Crippen LogP contribution >= 0.6 is 0 Å². The van der Waals surface area contributed by atoms with Crippen LogP contribution in [0.15, 0.2) is 72.9 Å². The fourth-order valence-corrected chi connectivity index (χ4v) is 2.25. The third kappa shape index (κ3) is 3.04. The van der Waals surface area contributed by atoms with Gasteiger partial charge in [0.05, 0.1) is 5.69 Å². The van der Waals surface area contributed by atoms with Crippen molar-refractivity contribution in [1.82, 2.24) is 4.98 Å². The minimum Gasteiger partial charge on any atom is -0.322 e. The van der Waals surface area contributed by atoms with E-state index in [-0.39, 0.29) is 5.91 Å². The van der Waals surface area contributed by atoms with Gasteiger partial charge in [0.1, 0.15) is 0 Å². The first-order valence-electron chi connectivity index (χ1n) is 7.12. The molecular weight excluding hydrogens is 272 g/mol. The summed E-state index contributed by atoms with van der Waals surface area (Å²) in [6, 6.07) is 20.9. The van der Waals surface area contributed by atoms with Crippen LogP contribution < -0.4 is 5.32 Å². The summed E-state index contributed by atoms with van der Waals surface area (Å²) in [6.07, 6.45) is 1.81. The zero-order valence-electron chi connectivity index (χ0n) is 12.3. The van der Waals surface area contributed by atoms with Gasteiger partial charge in [-0.25, -0.2) is 0 Å². The molecule has 1 aromatic heterocycles. The molecule has 0 aliphatic rings. The smallest absolute Gasteiger partial charge is 0.256 e. The van der Waals surface area contributed by atoms with Crippen LogP contribution in [0.3, 0.4) is 0 Å². The number of aromatic nitrogens is 1. The summed E-state index contributed by atoms with van der Waals surface area (Å²) in [5, 5.41) is 2.91. The second-order valence-electron chi connectivity index (χ2n) is 5.09. The Balaban J connectivity index is 1.94. The molecule has 0 radical (unpaired) electrons. The molecule has 2 aromatic carbocycles. The first kappa shape index (κ1) is 14.0. The van der Waals surface area contributed by atoms with Gasteiger partial charge in [-0.05, 0) is 36.8 Å². The van der Waals surface area contributed by atoms with Crippen molar-refractivity contribution in [3.8, 4) is 11.3 Å². The van der Waals surface area contributed by atoms with Gasteiger partial charge in [-0.2, -0.15) is 0 Å². The van der Waals surface area contributed by atoms with E-state index in [1.165, 1.54) is 0 Å². The topological polar surface area (TPSA) is 42.0 Å². The Morgan fingerprint density at radius 3 is 2.36 bits per heavy atom. The number of hydrogen-bond donors (Lipinski definition) is 1. The highest BCUT2D eigenvalue weighted by atomic mass is 16.1. The maximum atomic E-state index is 12.5. The highest BCUT2D eigenvalue weighted by Gasteiger charge is 2.13. The molecule has 0 bridgehead atoms. The molecule has 3 nitrogen and oxygen atoms in total. The SMILES string of the molecule is Cc1ccc(-c2ccccc2C(=O)Nc2ccccc2)nc1. The van der Waals surface area contributed by atoms with Crippen molar-refractivity contribution in [1.29, 1.82) is 0 Å². The first-order chi connectivity index (χ1) is 10.7. The molecular formula is C19H16N2O. The zero-order valence-corrected chi connectivity index (χ0v) is 12.3. The first-order valence-corrected chi connectivity index (χ1v) is 7.12. The van der Waals surface area contributed by atoms with Crippen molar-refractivity contribution < 1.29 is 4.79 Å². The van der Waals surface area contributed by atoms with Crippen molar-refractivity contribution >= 4 is 11.6 Å². The van der Waals surface area contributed by atoms with Gasteiger partial charge in [0, 0.05) is 23.0 Å². The van der Waals surface area contributed by atoms with Crippen LogP contribution in [-0.4, -0.2) is 10.9 Å². The predicted octanol–water partition coefficient (Wildman–Crippen LogP) is 4.31. The molecule has 0 atom stereocenters. The Kier molecular flexibility index (Phi) is 3.97. The molecule has 3 aromatic rings. The number of carbonyl (C=O) groups excluding carboxylic acids is 1. The van der Waals surface area contributed by atoms with E-state index in [0.29, 0.717) is 5.56 Å². The van der Waals surface area contributed by atoms with E-state index < -0.39 is 0 Å². The number of amides is 1. The highest BCUT2D eigenvalue weighted by molar-refractivity contribution is 6.08. The van der Waals surface area contributed by atoms with Crippen LogP contribution in [0.2, 0.25) is 0 Å².